The summed E-state index contributed by atoms with van der Waals surface area (Å²) >= 11 is 0. The first-order valence-electron chi connectivity index (χ1n) is 6.97. The van der Waals surface area contributed by atoms with Gasteiger partial charge in [-0.15, -0.1) is 0 Å². The Morgan fingerprint density at radius 3 is 2.81 bits per heavy atom. The molecule has 2 unspecified atom stereocenters. The number of hydrogen-bond donors (Lipinski definition) is 2. The first kappa shape index (κ1) is 15.2. The van der Waals surface area contributed by atoms with Crippen LogP contribution in [0.5, 0.6) is 0 Å². The fraction of sp³-hybridized carbons (Fsp3) is 0.500. The zero-order valence-corrected chi connectivity index (χ0v) is 12.0. The van der Waals surface area contributed by atoms with E-state index in [0.29, 0.717) is 31.2 Å². The van der Waals surface area contributed by atoms with Crippen LogP contribution in [0.15, 0.2) is 18.2 Å². The maximum atomic E-state index is 11.3. The highest BCUT2D eigenvalue weighted by molar-refractivity contribution is 5.94. The molecule has 1 fully saturated rings. The number of anilines is 1. The number of benzene rings is 1. The molecule has 0 saturated carbocycles. The second-order valence-electron chi connectivity index (χ2n) is 5.53. The fourth-order valence-corrected chi connectivity index (χ4v) is 2.76. The molecule has 1 aromatic carbocycles. The van der Waals surface area contributed by atoms with Crippen molar-refractivity contribution in [1.29, 1.82) is 0 Å². The van der Waals surface area contributed by atoms with E-state index >= 15 is 0 Å². The van der Waals surface area contributed by atoms with E-state index in [1.807, 2.05) is 4.90 Å². The number of rotatable bonds is 4. The highest BCUT2D eigenvalue weighted by atomic mass is 16.6. The predicted octanol–water partition coefficient (Wildman–Crippen LogP) is 1.11. The lowest BCUT2D eigenvalue weighted by molar-refractivity contribution is -0.384. The van der Waals surface area contributed by atoms with Crippen LogP contribution in [0.1, 0.15) is 23.7 Å². The lowest BCUT2D eigenvalue weighted by Gasteiger charge is -2.37. The Balaban J connectivity index is 2.38. The number of nitro groups is 1. The van der Waals surface area contributed by atoms with Crippen molar-refractivity contribution >= 4 is 17.3 Å². The van der Waals surface area contributed by atoms with Crippen molar-refractivity contribution < 1.29 is 9.72 Å². The minimum Gasteiger partial charge on any atom is -0.366 e. The zero-order chi connectivity index (χ0) is 15.6. The molecular weight excluding hydrogens is 272 g/mol. The minimum atomic E-state index is -0.591. The van der Waals surface area contributed by atoms with E-state index < -0.39 is 10.8 Å². The van der Waals surface area contributed by atoms with Crippen LogP contribution < -0.4 is 16.4 Å². The molecule has 0 bridgehead atoms. The van der Waals surface area contributed by atoms with Gasteiger partial charge in [-0.05, 0) is 36.9 Å². The molecule has 2 rings (SSSR count). The SMILES string of the molecule is CC1CCN(c2cc(C(N)=O)ccc2[N+](=O)[O-])CC1CN. The molecule has 7 nitrogen and oxygen atoms in total. The number of carbonyl (C=O) groups excluding carboxylic acids is 1. The molecule has 0 aromatic heterocycles. The van der Waals surface area contributed by atoms with Gasteiger partial charge in [0.2, 0.25) is 5.91 Å². The van der Waals surface area contributed by atoms with Gasteiger partial charge in [0.05, 0.1) is 4.92 Å². The predicted molar refractivity (Wildman–Crippen MR) is 80.2 cm³/mol. The third-order valence-corrected chi connectivity index (χ3v) is 4.21. The fourth-order valence-electron chi connectivity index (χ4n) is 2.76. The summed E-state index contributed by atoms with van der Waals surface area (Å²) < 4.78 is 0. The number of amides is 1. The molecular formula is C14H20N4O3. The second-order valence-corrected chi connectivity index (χ2v) is 5.53. The molecule has 0 spiro atoms. The summed E-state index contributed by atoms with van der Waals surface area (Å²) in [6.45, 7) is 4.05. The number of nitrogens with zero attached hydrogens (tertiary/aromatic N) is 2. The monoisotopic (exact) mass is 292 g/mol. The number of nitrogens with two attached hydrogens (primary N) is 2. The highest BCUT2D eigenvalue weighted by Crippen LogP contribution is 2.33. The van der Waals surface area contributed by atoms with Gasteiger partial charge in [-0.3, -0.25) is 14.9 Å². The Hall–Kier alpha value is -2.15. The smallest absolute Gasteiger partial charge is 0.292 e. The average molecular weight is 292 g/mol. The third kappa shape index (κ3) is 3.13. The summed E-state index contributed by atoms with van der Waals surface area (Å²) in [5, 5.41) is 11.2. The lowest BCUT2D eigenvalue weighted by Crippen LogP contribution is -2.43. The highest BCUT2D eigenvalue weighted by Gasteiger charge is 2.29. The number of carbonyl (C=O) groups is 1. The molecule has 21 heavy (non-hydrogen) atoms. The maximum absolute atomic E-state index is 11.3. The first-order valence-corrected chi connectivity index (χ1v) is 6.97. The van der Waals surface area contributed by atoms with Crippen molar-refractivity contribution in [1.82, 2.24) is 0 Å². The molecule has 2 atom stereocenters. The molecule has 1 aromatic rings. The van der Waals surface area contributed by atoms with Gasteiger partial charge in [0, 0.05) is 24.7 Å². The summed E-state index contributed by atoms with van der Waals surface area (Å²) in [5.41, 5.74) is 11.8. The molecule has 1 aliphatic rings. The Bertz CT molecular complexity index is 561. The summed E-state index contributed by atoms with van der Waals surface area (Å²) in [5.74, 6) is 0.187. The number of nitro benzene ring substituents is 1. The minimum absolute atomic E-state index is 0.00896. The van der Waals surface area contributed by atoms with Crippen molar-refractivity contribution in [2.45, 2.75) is 13.3 Å². The molecule has 1 amide bonds. The van der Waals surface area contributed by atoms with Gasteiger partial charge in [-0.1, -0.05) is 6.92 Å². The molecule has 1 heterocycles. The Morgan fingerprint density at radius 2 is 2.24 bits per heavy atom. The van der Waals surface area contributed by atoms with Crippen LogP contribution in [0.4, 0.5) is 11.4 Å². The Morgan fingerprint density at radius 1 is 1.52 bits per heavy atom. The zero-order valence-electron chi connectivity index (χ0n) is 12.0. The van der Waals surface area contributed by atoms with E-state index in [2.05, 4.69) is 6.92 Å². The van der Waals surface area contributed by atoms with Gasteiger partial charge < -0.3 is 16.4 Å². The maximum Gasteiger partial charge on any atom is 0.292 e. The van der Waals surface area contributed by atoms with Gasteiger partial charge >= 0.3 is 0 Å². The van der Waals surface area contributed by atoms with Crippen LogP contribution in [0, 0.1) is 22.0 Å². The molecule has 1 saturated heterocycles. The molecule has 0 aliphatic carbocycles. The third-order valence-electron chi connectivity index (χ3n) is 4.21. The second kappa shape index (κ2) is 6.09. The van der Waals surface area contributed by atoms with Crippen molar-refractivity contribution in [3.8, 4) is 0 Å². The van der Waals surface area contributed by atoms with Crippen LogP contribution in [-0.2, 0) is 0 Å². The van der Waals surface area contributed by atoms with Gasteiger partial charge in [0.25, 0.3) is 5.69 Å². The van der Waals surface area contributed by atoms with Gasteiger partial charge in [-0.2, -0.15) is 0 Å². The van der Waals surface area contributed by atoms with Crippen LogP contribution in [0.2, 0.25) is 0 Å². The van der Waals surface area contributed by atoms with Crippen molar-refractivity contribution in [3.63, 3.8) is 0 Å². The van der Waals surface area contributed by atoms with E-state index in [0.717, 1.165) is 6.42 Å². The quantitative estimate of drug-likeness (QED) is 0.637. The van der Waals surface area contributed by atoms with Crippen molar-refractivity contribution in [2.24, 2.45) is 23.3 Å². The molecule has 0 radical (unpaired) electrons. The summed E-state index contributed by atoms with van der Waals surface area (Å²) in [7, 11) is 0. The van der Waals surface area contributed by atoms with Crippen molar-refractivity contribution in [3.05, 3.63) is 33.9 Å². The summed E-state index contributed by atoms with van der Waals surface area (Å²) in [6, 6.07) is 4.23. The van der Waals surface area contributed by atoms with E-state index in [1.165, 1.54) is 18.2 Å². The lowest BCUT2D eigenvalue weighted by atomic mass is 9.87. The standard InChI is InChI=1S/C14H20N4O3/c1-9-4-5-17(8-11(9)7-15)13-6-10(14(16)19)2-3-12(13)18(20)21/h2-3,6,9,11H,4-5,7-8,15H2,1H3,(H2,16,19). The van der Waals surface area contributed by atoms with E-state index in [1.54, 1.807) is 0 Å². The average Bonchev–Trinajstić information content (AvgIpc) is 2.47. The molecule has 7 heteroatoms. The largest absolute Gasteiger partial charge is 0.366 e. The Labute approximate surface area is 123 Å². The van der Waals surface area contributed by atoms with Gasteiger partial charge in [0.15, 0.2) is 0 Å². The van der Waals surface area contributed by atoms with Crippen LogP contribution >= 0.6 is 0 Å². The van der Waals surface area contributed by atoms with Gasteiger partial charge in [-0.25, -0.2) is 0 Å². The molecule has 1 aliphatic heterocycles. The molecule has 4 N–H and O–H groups in total. The number of hydrogen-bond acceptors (Lipinski definition) is 5. The molecule has 114 valence electrons. The van der Waals surface area contributed by atoms with E-state index in [9.17, 15) is 14.9 Å². The normalized spacial score (nSPS) is 22.1. The Kier molecular flexibility index (Phi) is 4.42. The van der Waals surface area contributed by atoms with E-state index in [4.69, 9.17) is 11.5 Å². The first-order chi connectivity index (χ1) is 9.93. The van der Waals surface area contributed by atoms with Crippen LogP contribution in [0.25, 0.3) is 0 Å². The number of primary amides is 1. The topological polar surface area (TPSA) is 115 Å². The van der Waals surface area contributed by atoms with Gasteiger partial charge in [0.1, 0.15) is 5.69 Å². The van der Waals surface area contributed by atoms with E-state index in [-0.39, 0.29) is 17.2 Å². The summed E-state index contributed by atoms with van der Waals surface area (Å²) in [6.07, 6.45) is 0.916. The van der Waals surface area contributed by atoms with Crippen LogP contribution in [-0.4, -0.2) is 30.5 Å². The van der Waals surface area contributed by atoms with Crippen LogP contribution in [0.3, 0.4) is 0 Å². The van der Waals surface area contributed by atoms with Crippen molar-refractivity contribution in [2.75, 3.05) is 24.5 Å². The number of piperidine rings is 1. The summed E-state index contributed by atoms with van der Waals surface area (Å²) in [4.78, 5) is 24.0.